The zero-order chi connectivity index (χ0) is 47.6. The van der Waals surface area contributed by atoms with Gasteiger partial charge in [-0.3, -0.25) is 14.4 Å². The van der Waals surface area contributed by atoms with Crippen molar-refractivity contribution in [2.45, 2.75) is 250 Å². The SMILES string of the molecule is CC/C=C\C/C=C\C/C=C\C/C=C\CCC(=O)OCC(COC1OC(C(=O)O)C(O)C(O)C1OC(=O)CCCCCCCCCCC)OC(=O)CCCCCCCCCCCCCCC. The van der Waals surface area contributed by atoms with Crippen LogP contribution in [0.2, 0.25) is 0 Å². The van der Waals surface area contributed by atoms with E-state index in [2.05, 4.69) is 57.2 Å². The van der Waals surface area contributed by atoms with Gasteiger partial charge in [0.25, 0.3) is 0 Å². The van der Waals surface area contributed by atoms with Crippen molar-refractivity contribution in [2.24, 2.45) is 0 Å². The number of aliphatic hydroxyl groups is 2. The number of aliphatic hydroxyl groups excluding tert-OH is 2. The number of allylic oxidation sites excluding steroid dienone is 8. The molecule has 6 atom stereocenters. The normalized spacial score (nSPS) is 19.4. The summed E-state index contributed by atoms with van der Waals surface area (Å²) in [7, 11) is 0. The number of carbonyl (C=O) groups is 4. The van der Waals surface area contributed by atoms with Gasteiger partial charge in [-0.1, -0.05) is 198 Å². The number of esters is 3. The summed E-state index contributed by atoms with van der Waals surface area (Å²) in [6.07, 6.45) is 35.6. The molecule has 6 unspecified atom stereocenters. The number of aliphatic carboxylic acids is 1. The first-order valence-corrected chi connectivity index (χ1v) is 25.6. The Morgan fingerprint density at radius 2 is 0.969 bits per heavy atom. The first-order chi connectivity index (χ1) is 31.6. The fourth-order valence-corrected chi connectivity index (χ4v) is 7.50. The molecule has 1 aliphatic rings. The molecule has 1 aliphatic heterocycles. The van der Waals surface area contributed by atoms with Crippen LogP contribution in [0.15, 0.2) is 48.6 Å². The summed E-state index contributed by atoms with van der Waals surface area (Å²) in [4.78, 5) is 50.6. The second-order valence-corrected chi connectivity index (χ2v) is 17.4. The van der Waals surface area contributed by atoms with E-state index in [4.69, 9.17) is 23.7 Å². The van der Waals surface area contributed by atoms with Crippen LogP contribution in [0.4, 0.5) is 0 Å². The third kappa shape index (κ3) is 32.9. The van der Waals surface area contributed by atoms with Gasteiger partial charge in [-0.05, 0) is 44.9 Å². The maximum absolute atomic E-state index is 13.0. The Hall–Kier alpha value is -3.32. The second kappa shape index (κ2) is 42.1. The van der Waals surface area contributed by atoms with E-state index in [1.807, 2.05) is 12.2 Å². The molecule has 12 nitrogen and oxygen atoms in total. The van der Waals surface area contributed by atoms with Gasteiger partial charge in [0, 0.05) is 19.3 Å². The number of unbranched alkanes of at least 4 members (excludes halogenated alkanes) is 20. The van der Waals surface area contributed by atoms with Crippen LogP contribution in [0.5, 0.6) is 0 Å². The van der Waals surface area contributed by atoms with Crippen LogP contribution in [-0.2, 0) is 42.9 Å². The Morgan fingerprint density at radius 1 is 0.523 bits per heavy atom. The van der Waals surface area contributed by atoms with Crippen molar-refractivity contribution in [3.8, 4) is 0 Å². The van der Waals surface area contributed by atoms with Crippen molar-refractivity contribution in [2.75, 3.05) is 13.2 Å². The lowest BCUT2D eigenvalue weighted by atomic mass is 9.98. The van der Waals surface area contributed by atoms with Crippen LogP contribution < -0.4 is 0 Å². The average Bonchev–Trinajstić information content (AvgIpc) is 3.29. The minimum Gasteiger partial charge on any atom is -0.479 e. The summed E-state index contributed by atoms with van der Waals surface area (Å²) in [5.41, 5.74) is 0. The van der Waals surface area contributed by atoms with E-state index >= 15 is 0 Å². The molecule has 0 amide bonds. The average molecular weight is 919 g/mol. The number of rotatable bonds is 42. The van der Waals surface area contributed by atoms with Gasteiger partial charge < -0.3 is 39.0 Å². The van der Waals surface area contributed by atoms with Crippen LogP contribution in [0.1, 0.15) is 213 Å². The molecule has 0 aromatic heterocycles. The maximum Gasteiger partial charge on any atom is 0.335 e. The molecule has 0 radical (unpaired) electrons. The predicted octanol–water partition coefficient (Wildman–Crippen LogP) is 11.9. The standard InChI is InChI=1S/C53H90O12/c1-4-7-10-13-16-19-21-23-25-28-30-33-36-39-45(54)61-42-44(63-46(55)40-37-34-32-29-26-24-22-20-17-14-11-8-5-2)43-62-53-51(49(58)48(57)50(65-53)52(59)60)64-47(56)41-38-35-31-27-18-15-12-9-6-3/h7,10,16,19,23,25,30,33,44,48-51,53,57-58H,4-6,8-9,11-15,17-18,20-22,24,26-29,31-32,34-43H2,1-3H3,(H,59,60)/b10-7-,19-16-,25-23-,33-30-. The van der Waals surface area contributed by atoms with Crippen LogP contribution in [0, 0.1) is 0 Å². The Morgan fingerprint density at radius 3 is 1.45 bits per heavy atom. The summed E-state index contributed by atoms with van der Waals surface area (Å²) in [6.45, 7) is 5.75. The van der Waals surface area contributed by atoms with E-state index in [-0.39, 0.29) is 25.9 Å². The number of hydrogen-bond donors (Lipinski definition) is 3. The minimum absolute atomic E-state index is 0.0561. The number of carbonyl (C=O) groups excluding carboxylic acids is 3. The topological polar surface area (TPSA) is 175 Å². The molecular formula is C53H90O12. The third-order valence-corrected chi connectivity index (χ3v) is 11.4. The van der Waals surface area contributed by atoms with Crippen molar-refractivity contribution in [1.82, 2.24) is 0 Å². The Kier molecular flexibility index (Phi) is 38.6. The molecule has 3 N–H and O–H groups in total. The van der Waals surface area contributed by atoms with E-state index in [1.165, 1.54) is 83.5 Å². The molecule has 0 spiro atoms. The smallest absolute Gasteiger partial charge is 0.335 e. The summed E-state index contributed by atoms with van der Waals surface area (Å²) < 4.78 is 28.1. The third-order valence-electron chi connectivity index (χ3n) is 11.4. The maximum atomic E-state index is 13.0. The largest absolute Gasteiger partial charge is 0.479 e. The molecule has 1 saturated heterocycles. The van der Waals surface area contributed by atoms with E-state index < -0.39 is 67.3 Å². The Bertz CT molecular complexity index is 1330. The first kappa shape index (κ1) is 59.7. The van der Waals surface area contributed by atoms with Gasteiger partial charge in [0.05, 0.1) is 6.61 Å². The van der Waals surface area contributed by atoms with E-state index in [1.54, 1.807) is 0 Å². The molecule has 1 fully saturated rings. The van der Waals surface area contributed by atoms with Gasteiger partial charge in [0.15, 0.2) is 24.6 Å². The molecule has 1 rings (SSSR count). The van der Waals surface area contributed by atoms with Crippen LogP contribution in [-0.4, -0.2) is 89.2 Å². The summed E-state index contributed by atoms with van der Waals surface area (Å²) in [6, 6.07) is 0. The summed E-state index contributed by atoms with van der Waals surface area (Å²) >= 11 is 0. The van der Waals surface area contributed by atoms with E-state index in [0.717, 1.165) is 70.6 Å². The fourth-order valence-electron chi connectivity index (χ4n) is 7.50. The molecule has 0 saturated carbocycles. The van der Waals surface area contributed by atoms with Crippen LogP contribution in [0.25, 0.3) is 0 Å². The first-order valence-electron chi connectivity index (χ1n) is 25.6. The predicted molar refractivity (Wildman–Crippen MR) is 257 cm³/mol. The zero-order valence-electron chi connectivity index (χ0n) is 40.7. The quantitative estimate of drug-likeness (QED) is 0.0229. The second-order valence-electron chi connectivity index (χ2n) is 17.4. The van der Waals surface area contributed by atoms with Gasteiger partial charge >= 0.3 is 23.9 Å². The van der Waals surface area contributed by atoms with Gasteiger partial charge in [-0.25, -0.2) is 4.79 Å². The summed E-state index contributed by atoms with van der Waals surface area (Å²) in [5.74, 6) is -3.22. The Balaban J connectivity index is 2.78. The van der Waals surface area contributed by atoms with Gasteiger partial charge in [-0.15, -0.1) is 0 Å². The molecule has 374 valence electrons. The molecule has 0 aliphatic carbocycles. The highest BCUT2D eigenvalue weighted by Crippen LogP contribution is 2.26. The Labute approximate surface area is 393 Å². The number of hydrogen-bond acceptors (Lipinski definition) is 11. The van der Waals surface area contributed by atoms with E-state index in [0.29, 0.717) is 19.3 Å². The van der Waals surface area contributed by atoms with Crippen molar-refractivity contribution in [3.05, 3.63) is 48.6 Å². The zero-order valence-corrected chi connectivity index (χ0v) is 40.7. The van der Waals surface area contributed by atoms with Crippen molar-refractivity contribution in [1.29, 1.82) is 0 Å². The molecule has 65 heavy (non-hydrogen) atoms. The molecule has 1 heterocycles. The highest BCUT2D eigenvalue weighted by Gasteiger charge is 2.50. The molecule has 0 aromatic carbocycles. The highest BCUT2D eigenvalue weighted by atomic mass is 16.7. The molecule has 0 bridgehead atoms. The van der Waals surface area contributed by atoms with E-state index in [9.17, 15) is 34.5 Å². The van der Waals surface area contributed by atoms with Gasteiger partial charge in [0.1, 0.15) is 18.8 Å². The fraction of sp³-hybridized carbons (Fsp3) is 0.774. The monoisotopic (exact) mass is 919 g/mol. The number of carboxylic acid groups (broad SMARTS) is 1. The minimum atomic E-state index is -1.90. The molecule has 0 aromatic rings. The van der Waals surface area contributed by atoms with Gasteiger partial charge in [0.2, 0.25) is 0 Å². The summed E-state index contributed by atoms with van der Waals surface area (Å²) in [5, 5.41) is 31.2. The number of carboxylic acids is 1. The lowest BCUT2D eigenvalue weighted by Gasteiger charge is -2.40. The van der Waals surface area contributed by atoms with Gasteiger partial charge in [-0.2, -0.15) is 0 Å². The van der Waals surface area contributed by atoms with Crippen LogP contribution >= 0.6 is 0 Å². The van der Waals surface area contributed by atoms with Crippen molar-refractivity contribution < 1.29 is 58.2 Å². The van der Waals surface area contributed by atoms with Crippen molar-refractivity contribution >= 4 is 23.9 Å². The molecule has 12 heteroatoms. The lowest BCUT2D eigenvalue weighted by molar-refractivity contribution is -0.301. The highest BCUT2D eigenvalue weighted by molar-refractivity contribution is 5.74. The van der Waals surface area contributed by atoms with Crippen molar-refractivity contribution in [3.63, 3.8) is 0 Å². The molecular weight excluding hydrogens is 829 g/mol. The van der Waals surface area contributed by atoms with Crippen LogP contribution in [0.3, 0.4) is 0 Å². The lowest BCUT2D eigenvalue weighted by Crippen LogP contribution is -2.61. The number of ether oxygens (including phenoxy) is 5.